The van der Waals surface area contributed by atoms with Gasteiger partial charge in [0, 0.05) is 18.3 Å². The number of hydrogen-bond donors (Lipinski definition) is 1. The van der Waals surface area contributed by atoms with Crippen molar-refractivity contribution in [2.45, 2.75) is 33.2 Å². The molecule has 27 heavy (non-hydrogen) atoms. The molecule has 0 spiro atoms. The van der Waals surface area contributed by atoms with Crippen LogP contribution in [-0.4, -0.2) is 15.7 Å². The standard InChI is InChI=1S/C22H26N4O/c1-16(21-17(2)23-25(4)18(21)3)22(27)24-26(20-13-9-6-10-14-20)15-19-11-7-5-8-12-19/h5-14,16H,15H2,1-4H3,(H,24,27)/t16-/m0/s1. The molecule has 1 amide bonds. The second kappa shape index (κ2) is 8.08. The third-order valence-electron chi connectivity index (χ3n) is 4.89. The Labute approximate surface area is 160 Å². The molecule has 3 rings (SSSR count). The largest absolute Gasteiger partial charge is 0.281 e. The van der Waals surface area contributed by atoms with Crippen LogP contribution < -0.4 is 10.4 Å². The highest BCUT2D eigenvalue weighted by molar-refractivity contribution is 5.85. The first-order chi connectivity index (χ1) is 13.0. The third-order valence-corrected chi connectivity index (χ3v) is 4.89. The zero-order valence-corrected chi connectivity index (χ0v) is 16.3. The van der Waals surface area contributed by atoms with Crippen molar-refractivity contribution in [3.63, 3.8) is 0 Å². The van der Waals surface area contributed by atoms with Crippen LogP contribution >= 0.6 is 0 Å². The molecular formula is C22H26N4O. The van der Waals surface area contributed by atoms with Crippen LogP contribution in [0.5, 0.6) is 0 Å². The molecular weight excluding hydrogens is 336 g/mol. The fourth-order valence-corrected chi connectivity index (χ4v) is 3.35. The van der Waals surface area contributed by atoms with Gasteiger partial charge in [0.25, 0.3) is 0 Å². The second-order valence-corrected chi connectivity index (χ2v) is 6.81. The summed E-state index contributed by atoms with van der Waals surface area (Å²) in [7, 11) is 1.90. The number of para-hydroxylation sites is 1. The SMILES string of the molecule is Cc1nn(C)c(C)c1[C@H](C)C(=O)NN(Cc1ccccc1)c1ccccc1. The van der Waals surface area contributed by atoms with Crippen LogP contribution in [0.25, 0.3) is 0 Å². The van der Waals surface area contributed by atoms with Gasteiger partial charge in [0.05, 0.1) is 23.8 Å². The molecule has 5 nitrogen and oxygen atoms in total. The molecule has 2 aromatic carbocycles. The lowest BCUT2D eigenvalue weighted by Gasteiger charge is -2.27. The van der Waals surface area contributed by atoms with Crippen molar-refractivity contribution in [1.29, 1.82) is 0 Å². The summed E-state index contributed by atoms with van der Waals surface area (Å²) in [6.07, 6.45) is 0. The predicted octanol–water partition coefficient (Wildman–Crippen LogP) is 3.88. The molecule has 1 atom stereocenters. The number of carbonyl (C=O) groups excluding carboxylic acids is 1. The summed E-state index contributed by atoms with van der Waals surface area (Å²) in [4.78, 5) is 13.0. The normalized spacial score (nSPS) is 11.9. The maximum atomic E-state index is 13.0. The highest BCUT2D eigenvalue weighted by atomic mass is 16.2. The van der Waals surface area contributed by atoms with Gasteiger partial charge in [-0.3, -0.25) is 19.9 Å². The van der Waals surface area contributed by atoms with E-state index in [1.54, 1.807) is 0 Å². The molecule has 5 heteroatoms. The Morgan fingerprint density at radius 1 is 1.07 bits per heavy atom. The van der Waals surface area contributed by atoms with Crippen molar-refractivity contribution in [2.24, 2.45) is 7.05 Å². The van der Waals surface area contributed by atoms with E-state index in [0.29, 0.717) is 6.54 Å². The van der Waals surface area contributed by atoms with Gasteiger partial charge in [-0.2, -0.15) is 5.10 Å². The van der Waals surface area contributed by atoms with Crippen LogP contribution in [-0.2, 0) is 18.4 Å². The van der Waals surface area contributed by atoms with Gasteiger partial charge in [-0.25, -0.2) is 0 Å². The maximum Gasteiger partial charge on any atom is 0.245 e. The zero-order chi connectivity index (χ0) is 19.4. The lowest BCUT2D eigenvalue weighted by Crippen LogP contribution is -2.44. The van der Waals surface area contributed by atoms with E-state index in [-0.39, 0.29) is 11.8 Å². The first-order valence-corrected chi connectivity index (χ1v) is 9.14. The van der Waals surface area contributed by atoms with Gasteiger partial charge in [-0.15, -0.1) is 0 Å². The Hall–Kier alpha value is -3.08. The Bertz CT molecular complexity index is 903. The fraction of sp³-hybridized carbons (Fsp3) is 0.273. The number of aryl methyl sites for hydroxylation is 2. The third kappa shape index (κ3) is 4.19. The van der Waals surface area contributed by atoms with E-state index in [1.807, 2.05) is 86.0 Å². The molecule has 0 fully saturated rings. The summed E-state index contributed by atoms with van der Waals surface area (Å²) < 4.78 is 1.83. The van der Waals surface area contributed by atoms with E-state index < -0.39 is 0 Å². The predicted molar refractivity (Wildman–Crippen MR) is 108 cm³/mol. The topological polar surface area (TPSA) is 50.2 Å². The summed E-state index contributed by atoms with van der Waals surface area (Å²) in [6.45, 7) is 6.47. The van der Waals surface area contributed by atoms with Gasteiger partial charge < -0.3 is 0 Å². The summed E-state index contributed by atoms with van der Waals surface area (Å²) in [5.74, 6) is -0.338. The number of rotatable bonds is 6. The van der Waals surface area contributed by atoms with E-state index in [9.17, 15) is 4.79 Å². The number of benzene rings is 2. The second-order valence-electron chi connectivity index (χ2n) is 6.81. The van der Waals surface area contributed by atoms with E-state index in [2.05, 4.69) is 22.7 Å². The Kier molecular flexibility index (Phi) is 5.60. The molecule has 0 saturated carbocycles. The van der Waals surface area contributed by atoms with Crippen molar-refractivity contribution in [1.82, 2.24) is 15.2 Å². The Morgan fingerprint density at radius 2 is 1.67 bits per heavy atom. The molecule has 3 aromatic rings. The quantitative estimate of drug-likeness (QED) is 0.677. The van der Waals surface area contributed by atoms with E-state index >= 15 is 0 Å². The zero-order valence-electron chi connectivity index (χ0n) is 16.3. The maximum absolute atomic E-state index is 13.0. The first-order valence-electron chi connectivity index (χ1n) is 9.14. The lowest BCUT2D eigenvalue weighted by molar-refractivity contribution is -0.122. The van der Waals surface area contributed by atoms with Crippen LogP contribution in [0.1, 0.15) is 35.4 Å². The van der Waals surface area contributed by atoms with Crippen molar-refractivity contribution in [3.05, 3.63) is 83.2 Å². The van der Waals surface area contributed by atoms with Crippen LogP contribution in [0.15, 0.2) is 60.7 Å². The Balaban J connectivity index is 1.84. The highest BCUT2D eigenvalue weighted by Crippen LogP contribution is 2.24. The summed E-state index contributed by atoms with van der Waals surface area (Å²) in [5.41, 5.74) is 8.08. The molecule has 140 valence electrons. The molecule has 0 saturated heterocycles. The molecule has 0 radical (unpaired) electrons. The molecule has 0 aliphatic carbocycles. The molecule has 0 aliphatic heterocycles. The van der Waals surface area contributed by atoms with E-state index in [4.69, 9.17) is 0 Å². The number of anilines is 1. The van der Waals surface area contributed by atoms with Gasteiger partial charge in [0.2, 0.25) is 5.91 Å². The number of hydrogen-bond acceptors (Lipinski definition) is 3. The summed E-state index contributed by atoms with van der Waals surface area (Å²) >= 11 is 0. The van der Waals surface area contributed by atoms with Gasteiger partial charge in [-0.1, -0.05) is 48.5 Å². The number of carbonyl (C=O) groups is 1. The van der Waals surface area contributed by atoms with Crippen LogP contribution in [0.2, 0.25) is 0 Å². The van der Waals surface area contributed by atoms with Crippen LogP contribution in [0.4, 0.5) is 5.69 Å². The summed E-state index contributed by atoms with van der Waals surface area (Å²) in [5, 5.41) is 6.34. The first kappa shape index (κ1) is 18.7. The summed E-state index contributed by atoms with van der Waals surface area (Å²) in [6, 6.07) is 20.0. The lowest BCUT2D eigenvalue weighted by atomic mass is 9.98. The van der Waals surface area contributed by atoms with Gasteiger partial charge in [-0.05, 0) is 38.5 Å². The van der Waals surface area contributed by atoms with Crippen LogP contribution in [0.3, 0.4) is 0 Å². The van der Waals surface area contributed by atoms with Crippen molar-refractivity contribution >= 4 is 11.6 Å². The van der Waals surface area contributed by atoms with E-state index in [0.717, 1.165) is 28.2 Å². The molecule has 0 unspecified atom stereocenters. The average molecular weight is 362 g/mol. The van der Waals surface area contributed by atoms with Gasteiger partial charge in [0.1, 0.15) is 0 Å². The minimum Gasteiger partial charge on any atom is -0.281 e. The monoisotopic (exact) mass is 362 g/mol. The number of nitrogens with zero attached hydrogens (tertiary/aromatic N) is 3. The minimum absolute atomic E-state index is 0.0472. The highest BCUT2D eigenvalue weighted by Gasteiger charge is 2.24. The number of hydrazine groups is 1. The average Bonchev–Trinajstić information content (AvgIpc) is 2.94. The molecule has 1 N–H and O–H groups in total. The molecule has 1 aromatic heterocycles. The fourth-order valence-electron chi connectivity index (χ4n) is 3.35. The van der Waals surface area contributed by atoms with Gasteiger partial charge >= 0.3 is 0 Å². The van der Waals surface area contributed by atoms with Crippen molar-refractivity contribution < 1.29 is 4.79 Å². The number of aromatic nitrogens is 2. The molecule has 0 bridgehead atoms. The number of nitrogens with one attached hydrogen (secondary N) is 1. The number of amides is 1. The molecule has 1 heterocycles. The van der Waals surface area contributed by atoms with Crippen molar-refractivity contribution in [2.75, 3.05) is 5.01 Å². The minimum atomic E-state index is -0.291. The Morgan fingerprint density at radius 3 is 2.22 bits per heavy atom. The smallest absolute Gasteiger partial charge is 0.245 e. The van der Waals surface area contributed by atoms with E-state index in [1.165, 1.54) is 0 Å². The van der Waals surface area contributed by atoms with Gasteiger partial charge in [0.15, 0.2) is 0 Å². The van der Waals surface area contributed by atoms with Crippen LogP contribution in [0, 0.1) is 13.8 Å². The molecule has 0 aliphatic rings. The van der Waals surface area contributed by atoms with Crippen molar-refractivity contribution in [3.8, 4) is 0 Å².